The molecular weight excluding hydrogens is 436 g/mol. The average Bonchev–Trinajstić information content (AvgIpc) is 3.20. The van der Waals surface area contributed by atoms with Crippen molar-refractivity contribution in [1.82, 2.24) is 9.88 Å². The molecule has 6 nitrogen and oxygen atoms in total. The molecule has 0 aliphatic heterocycles. The summed E-state index contributed by atoms with van der Waals surface area (Å²) in [5.41, 5.74) is 5.20. The van der Waals surface area contributed by atoms with Crippen LogP contribution in [0.1, 0.15) is 30.9 Å². The van der Waals surface area contributed by atoms with Crippen molar-refractivity contribution in [3.8, 4) is 23.1 Å². The van der Waals surface area contributed by atoms with Crippen molar-refractivity contribution in [2.45, 2.75) is 32.7 Å². The first-order valence-electron chi connectivity index (χ1n) is 11.9. The molecule has 0 unspecified atom stereocenters. The second-order valence-electron chi connectivity index (χ2n) is 8.42. The van der Waals surface area contributed by atoms with Crippen molar-refractivity contribution in [1.29, 1.82) is 5.26 Å². The van der Waals surface area contributed by atoms with Gasteiger partial charge in [-0.15, -0.1) is 0 Å². The zero-order valence-electron chi connectivity index (χ0n) is 20.2. The molecule has 2 amide bonds. The highest BCUT2D eigenvalue weighted by Gasteiger charge is 2.19. The number of fused-ring (bicyclic) bond motifs is 1. The molecule has 4 aromatic rings. The van der Waals surface area contributed by atoms with Crippen LogP contribution in [-0.4, -0.2) is 24.3 Å². The number of methoxy groups -OCH3 is 1. The quantitative estimate of drug-likeness (QED) is 0.301. The number of nitrogens with zero attached hydrogens (tertiary/aromatic N) is 2. The molecule has 178 valence electrons. The minimum absolute atomic E-state index is 0.255. The lowest BCUT2D eigenvalue weighted by atomic mass is 10.1. The fourth-order valence-corrected chi connectivity index (χ4v) is 4.30. The highest BCUT2D eigenvalue weighted by atomic mass is 16.5. The van der Waals surface area contributed by atoms with Gasteiger partial charge in [0.1, 0.15) is 11.8 Å². The molecule has 0 bridgehead atoms. The summed E-state index contributed by atoms with van der Waals surface area (Å²) in [7, 11) is 1.65. The maximum Gasteiger partial charge on any atom is 0.319 e. The van der Waals surface area contributed by atoms with E-state index in [0.717, 1.165) is 53.7 Å². The monoisotopic (exact) mass is 466 g/mol. The molecule has 0 atom stereocenters. The summed E-state index contributed by atoms with van der Waals surface area (Å²) in [6, 6.07) is 25.7. The highest BCUT2D eigenvalue weighted by Crippen LogP contribution is 2.36. The van der Waals surface area contributed by atoms with E-state index in [-0.39, 0.29) is 6.03 Å². The number of unbranched alkanes of at least 4 members (excludes halogenated alkanes) is 1. The Morgan fingerprint density at radius 2 is 1.89 bits per heavy atom. The van der Waals surface area contributed by atoms with Crippen LogP contribution >= 0.6 is 0 Å². The summed E-state index contributed by atoms with van der Waals surface area (Å²) in [6.07, 6.45) is 2.79. The molecule has 35 heavy (non-hydrogen) atoms. The minimum Gasteiger partial charge on any atom is -0.497 e. The number of hydrogen-bond donors (Lipinski definition) is 2. The van der Waals surface area contributed by atoms with Gasteiger partial charge in [0.05, 0.1) is 23.9 Å². The Hall–Kier alpha value is -4.24. The summed E-state index contributed by atoms with van der Waals surface area (Å²) >= 11 is 0. The van der Waals surface area contributed by atoms with Crippen LogP contribution in [0.2, 0.25) is 0 Å². The van der Waals surface area contributed by atoms with Crippen molar-refractivity contribution < 1.29 is 9.53 Å². The smallest absolute Gasteiger partial charge is 0.319 e. The van der Waals surface area contributed by atoms with Gasteiger partial charge in [-0.1, -0.05) is 55.8 Å². The number of amides is 2. The zero-order valence-corrected chi connectivity index (χ0v) is 20.2. The predicted molar refractivity (Wildman–Crippen MR) is 141 cm³/mol. The number of aryl methyl sites for hydroxylation is 1. The normalized spacial score (nSPS) is 10.7. The van der Waals surface area contributed by atoms with Crippen molar-refractivity contribution in [2.24, 2.45) is 0 Å². The first-order chi connectivity index (χ1) is 17.1. The Labute approximate surface area is 206 Å². The van der Waals surface area contributed by atoms with Crippen molar-refractivity contribution in [3.05, 3.63) is 83.9 Å². The number of carbonyl (C=O) groups is 1. The lowest BCUT2D eigenvalue weighted by Crippen LogP contribution is -2.30. The van der Waals surface area contributed by atoms with Gasteiger partial charge >= 0.3 is 6.03 Å². The largest absolute Gasteiger partial charge is 0.497 e. The van der Waals surface area contributed by atoms with Gasteiger partial charge in [-0.25, -0.2) is 4.79 Å². The van der Waals surface area contributed by atoms with E-state index in [9.17, 15) is 10.1 Å². The predicted octanol–water partition coefficient (Wildman–Crippen LogP) is 6.35. The first kappa shape index (κ1) is 23.9. The third-order valence-corrected chi connectivity index (χ3v) is 6.05. The van der Waals surface area contributed by atoms with Crippen LogP contribution in [0.15, 0.2) is 72.8 Å². The van der Waals surface area contributed by atoms with Gasteiger partial charge in [-0.05, 0) is 42.7 Å². The number of rotatable bonds is 9. The lowest BCUT2D eigenvalue weighted by molar-refractivity contribution is 0.252. The van der Waals surface area contributed by atoms with Crippen molar-refractivity contribution >= 4 is 22.6 Å². The second-order valence-corrected chi connectivity index (χ2v) is 8.42. The fourth-order valence-electron chi connectivity index (χ4n) is 4.30. The summed E-state index contributed by atoms with van der Waals surface area (Å²) < 4.78 is 7.64. The third-order valence-electron chi connectivity index (χ3n) is 6.05. The fraction of sp³-hybridized carbons (Fsp3) is 0.241. The molecule has 3 aromatic carbocycles. The van der Waals surface area contributed by atoms with Crippen LogP contribution in [0, 0.1) is 11.3 Å². The van der Waals surface area contributed by atoms with Gasteiger partial charge in [-0.3, -0.25) is 0 Å². The molecule has 4 rings (SSSR count). The second kappa shape index (κ2) is 11.3. The lowest BCUT2D eigenvalue weighted by Gasteiger charge is -2.13. The molecule has 1 heterocycles. The summed E-state index contributed by atoms with van der Waals surface area (Å²) in [6.45, 7) is 3.48. The Morgan fingerprint density at radius 1 is 1.06 bits per heavy atom. The zero-order chi connectivity index (χ0) is 24.6. The molecule has 0 aliphatic carbocycles. The van der Waals surface area contributed by atoms with Crippen LogP contribution in [0.3, 0.4) is 0 Å². The number of hydrogen-bond acceptors (Lipinski definition) is 3. The average molecular weight is 467 g/mol. The SMILES string of the molecule is CCCCn1c(-c2cccc(NC(=O)NCCc3ccccc3)c2)c(C#N)c2ccc(OC)cc21. The number of aromatic nitrogens is 1. The molecule has 6 heteroatoms. The molecule has 2 N–H and O–H groups in total. The summed E-state index contributed by atoms with van der Waals surface area (Å²) in [5, 5.41) is 16.8. The number of nitriles is 1. The van der Waals surface area contributed by atoms with E-state index in [0.29, 0.717) is 17.8 Å². The molecule has 0 saturated heterocycles. The Morgan fingerprint density at radius 3 is 2.63 bits per heavy atom. The molecule has 0 saturated carbocycles. The van der Waals surface area contributed by atoms with Crippen molar-refractivity contribution in [2.75, 3.05) is 19.0 Å². The molecule has 0 spiro atoms. The van der Waals surface area contributed by atoms with Crippen LogP contribution in [-0.2, 0) is 13.0 Å². The maximum atomic E-state index is 12.5. The molecular formula is C29H30N4O2. The van der Waals surface area contributed by atoms with Gasteiger partial charge in [-0.2, -0.15) is 5.26 Å². The summed E-state index contributed by atoms with van der Waals surface area (Å²) in [5.74, 6) is 0.756. The highest BCUT2D eigenvalue weighted by molar-refractivity contribution is 5.96. The van der Waals surface area contributed by atoms with E-state index in [2.05, 4.69) is 28.2 Å². The van der Waals surface area contributed by atoms with Gasteiger partial charge in [0.2, 0.25) is 0 Å². The van der Waals surface area contributed by atoms with E-state index < -0.39 is 0 Å². The van der Waals surface area contributed by atoms with Crippen LogP contribution in [0.5, 0.6) is 5.75 Å². The molecule has 0 radical (unpaired) electrons. The van der Waals surface area contributed by atoms with E-state index in [1.165, 1.54) is 5.56 Å². The Kier molecular flexibility index (Phi) is 7.69. The number of ether oxygens (including phenoxy) is 1. The van der Waals surface area contributed by atoms with Crippen LogP contribution in [0.4, 0.5) is 10.5 Å². The molecule has 0 aliphatic rings. The first-order valence-corrected chi connectivity index (χ1v) is 11.9. The number of nitrogens with one attached hydrogen (secondary N) is 2. The number of anilines is 1. The number of urea groups is 1. The third kappa shape index (κ3) is 5.47. The van der Waals surface area contributed by atoms with Gasteiger partial charge in [0, 0.05) is 35.8 Å². The van der Waals surface area contributed by atoms with Crippen LogP contribution in [0.25, 0.3) is 22.2 Å². The molecule has 1 aromatic heterocycles. The van der Waals surface area contributed by atoms with Gasteiger partial charge < -0.3 is 19.9 Å². The van der Waals surface area contributed by atoms with Crippen molar-refractivity contribution in [3.63, 3.8) is 0 Å². The van der Waals surface area contributed by atoms with E-state index in [1.54, 1.807) is 7.11 Å². The standard InChI is InChI=1S/C29H30N4O2/c1-3-4-17-33-27-19-24(35-2)13-14-25(27)26(20-30)28(33)22-11-8-12-23(18-22)32-29(34)31-16-15-21-9-6-5-7-10-21/h5-14,18-19H,3-4,15-17H2,1-2H3,(H2,31,32,34). The number of benzene rings is 3. The molecule has 0 fully saturated rings. The Balaban J connectivity index is 1.60. The van der Waals surface area contributed by atoms with E-state index in [1.807, 2.05) is 72.8 Å². The summed E-state index contributed by atoms with van der Waals surface area (Å²) in [4.78, 5) is 12.5. The maximum absolute atomic E-state index is 12.5. The van der Waals surface area contributed by atoms with Gasteiger partial charge in [0.25, 0.3) is 0 Å². The van der Waals surface area contributed by atoms with Crippen LogP contribution < -0.4 is 15.4 Å². The van der Waals surface area contributed by atoms with E-state index >= 15 is 0 Å². The van der Waals surface area contributed by atoms with E-state index in [4.69, 9.17) is 4.74 Å². The topological polar surface area (TPSA) is 79.1 Å². The minimum atomic E-state index is -0.255. The Bertz CT molecular complexity index is 1350. The van der Waals surface area contributed by atoms with Gasteiger partial charge in [0.15, 0.2) is 0 Å². The number of carbonyl (C=O) groups excluding carboxylic acids is 1.